The van der Waals surface area contributed by atoms with Gasteiger partial charge in [-0.05, 0) is 12.1 Å². The normalized spacial score (nSPS) is 14.2. The Morgan fingerprint density at radius 2 is 1.83 bits per heavy atom. The molecule has 2 aromatic rings. The smallest absolute Gasteiger partial charge is 0.356 e. The molecule has 0 amide bonds. The number of carboxylic acid groups (broad SMARTS) is 1. The summed E-state index contributed by atoms with van der Waals surface area (Å²) in [5.74, 6) is 0.137. The minimum Gasteiger partial charge on any atom is -0.490 e. The standard InChI is InChI=1S/C12H10N2O4/c15-12(16)9-4-7-5-10-11(6-8(7)13-14-9)18-3-1-2-17-10/h4-6H,1-3H2,(H,15,16). The van der Waals surface area contributed by atoms with Crippen LogP contribution in [-0.4, -0.2) is 34.5 Å². The van der Waals surface area contributed by atoms with Crippen LogP contribution in [0.3, 0.4) is 0 Å². The lowest BCUT2D eigenvalue weighted by atomic mass is 10.2. The molecular formula is C12H10N2O4. The Morgan fingerprint density at radius 3 is 2.56 bits per heavy atom. The van der Waals surface area contributed by atoms with Crippen LogP contribution in [0.4, 0.5) is 0 Å². The third kappa shape index (κ3) is 1.81. The van der Waals surface area contributed by atoms with E-state index in [-0.39, 0.29) is 5.69 Å². The molecule has 1 aliphatic rings. The average Bonchev–Trinajstić information content (AvgIpc) is 2.59. The number of hydrogen-bond donors (Lipinski definition) is 1. The fourth-order valence-corrected chi connectivity index (χ4v) is 1.80. The zero-order chi connectivity index (χ0) is 12.5. The van der Waals surface area contributed by atoms with Gasteiger partial charge in [-0.2, -0.15) is 0 Å². The zero-order valence-electron chi connectivity index (χ0n) is 9.42. The first-order chi connectivity index (χ1) is 8.74. The molecule has 6 heteroatoms. The number of aromatic nitrogens is 2. The second-order valence-corrected chi connectivity index (χ2v) is 3.94. The molecule has 0 radical (unpaired) electrons. The van der Waals surface area contributed by atoms with Crippen LogP contribution in [0.15, 0.2) is 18.2 Å². The number of carbonyl (C=O) groups is 1. The van der Waals surface area contributed by atoms with E-state index in [1.807, 2.05) is 0 Å². The van der Waals surface area contributed by atoms with Gasteiger partial charge in [0.2, 0.25) is 0 Å². The van der Waals surface area contributed by atoms with Crippen LogP contribution in [-0.2, 0) is 0 Å². The largest absolute Gasteiger partial charge is 0.490 e. The molecule has 0 spiro atoms. The fourth-order valence-electron chi connectivity index (χ4n) is 1.80. The monoisotopic (exact) mass is 246 g/mol. The van der Waals surface area contributed by atoms with E-state index in [9.17, 15) is 4.79 Å². The first-order valence-corrected chi connectivity index (χ1v) is 5.54. The van der Waals surface area contributed by atoms with E-state index >= 15 is 0 Å². The molecule has 0 atom stereocenters. The molecule has 1 aromatic carbocycles. The molecule has 3 rings (SSSR count). The highest BCUT2D eigenvalue weighted by molar-refractivity contribution is 5.91. The molecule has 0 aliphatic carbocycles. The van der Waals surface area contributed by atoms with Gasteiger partial charge in [0.25, 0.3) is 0 Å². The molecule has 1 aromatic heterocycles. The van der Waals surface area contributed by atoms with E-state index in [0.717, 1.165) is 6.42 Å². The van der Waals surface area contributed by atoms with Gasteiger partial charge in [0, 0.05) is 17.9 Å². The third-order valence-corrected chi connectivity index (χ3v) is 2.67. The predicted molar refractivity (Wildman–Crippen MR) is 62.1 cm³/mol. The molecule has 0 saturated heterocycles. The van der Waals surface area contributed by atoms with Crippen LogP contribution in [0.25, 0.3) is 10.9 Å². The maximum atomic E-state index is 10.8. The Bertz CT molecular complexity index is 627. The molecule has 6 nitrogen and oxygen atoms in total. The van der Waals surface area contributed by atoms with Crippen molar-refractivity contribution in [2.45, 2.75) is 6.42 Å². The number of rotatable bonds is 1. The van der Waals surface area contributed by atoms with Crippen molar-refractivity contribution < 1.29 is 19.4 Å². The topological polar surface area (TPSA) is 81.5 Å². The van der Waals surface area contributed by atoms with Crippen LogP contribution in [0, 0.1) is 0 Å². The van der Waals surface area contributed by atoms with Crippen LogP contribution in [0.5, 0.6) is 11.5 Å². The van der Waals surface area contributed by atoms with Crippen molar-refractivity contribution in [2.75, 3.05) is 13.2 Å². The summed E-state index contributed by atoms with van der Waals surface area (Å²) in [5.41, 5.74) is 0.501. The fraction of sp³-hybridized carbons (Fsp3) is 0.250. The Hall–Kier alpha value is -2.37. The maximum absolute atomic E-state index is 10.8. The highest BCUT2D eigenvalue weighted by atomic mass is 16.5. The van der Waals surface area contributed by atoms with Crippen molar-refractivity contribution in [1.82, 2.24) is 10.2 Å². The van der Waals surface area contributed by atoms with E-state index in [0.29, 0.717) is 35.6 Å². The molecule has 2 heterocycles. The molecule has 0 saturated carbocycles. The van der Waals surface area contributed by atoms with E-state index in [4.69, 9.17) is 14.6 Å². The van der Waals surface area contributed by atoms with E-state index in [1.165, 1.54) is 6.07 Å². The van der Waals surface area contributed by atoms with Crippen LogP contribution in [0.1, 0.15) is 16.9 Å². The summed E-state index contributed by atoms with van der Waals surface area (Å²) in [7, 11) is 0. The Morgan fingerprint density at radius 1 is 1.11 bits per heavy atom. The molecule has 0 unspecified atom stereocenters. The molecule has 0 fully saturated rings. The second kappa shape index (κ2) is 4.14. The van der Waals surface area contributed by atoms with Gasteiger partial charge in [-0.15, -0.1) is 10.2 Å². The maximum Gasteiger partial charge on any atom is 0.356 e. The molecular weight excluding hydrogens is 236 g/mol. The van der Waals surface area contributed by atoms with Crippen LogP contribution < -0.4 is 9.47 Å². The van der Waals surface area contributed by atoms with Crippen LogP contribution >= 0.6 is 0 Å². The summed E-state index contributed by atoms with van der Waals surface area (Å²) in [6.45, 7) is 1.18. The van der Waals surface area contributed by atoms with E-state index in [2.05, 4.69) is 10.2 Å². The number of aromatic carboxylic acids is 1. The van der Waals surface area contributed by atoms with Gasteiger partial charge >= 0.3 is 5.97 Å². The van der Waals surface area contributed by atoms with Crippen molar-refractivity contribution in [3.05, 3.63) is 23.9 Å². The van der Waals surface area contributed by atoms with Gasteiger partial charge in [-0.25, -0.2) is 4.79 Å². The summed E-state index contributed by atoms with van der Waals surface area (Å²) in [6.07, 6.45) is 0.817. The second-order valence-electron chi connectivity index (χ2n) is 3.94. The Kier molecular flexibility index (Phi) is 2.47. The van der Waals surface area contributed by atoms with Gasteiger partial charge in [0.1, 0.15) is 0 Å². The molecule has 0 bridgehead atoms. The van der Waals surface area contributed by atoms with Gasteiger partial charge in [0.15, 0.2) is 17.2 Å². The predicted octanol–water partition coefficient (Wildman–Crippen LogP) is 1.49. The lowest BCUT2D eigenvalue weighted by Gasteiger charge is -2.08. The van der Waals surface area contributed by atoms with Crippen molar-refractivity contribution in [1.29, 1.82) is 0 Å². The first kappa shape index (κ1) is 10.8. The van der Waals surface area contributed by atoms with Crippen molar-refractivity contribution in [2.24, 2.45) is 0 Å². The van der Waals surface area contributed by atoms with Gasteiger partial charge < -0.3 is 14.6 Å². The van der Waals surface area contributed by atoms with Gasteiger partial charge in [-0.1, -0.05) is 0 Å². The first-order valence-electron chi connectivity index (χ1n) is 5.54. The molecule has 1 aliphatic heterocycles. The summed E-state index contributed by atoms with van der Waals surface area (Å²) in [6, 6.07) is 4.92. The summed E-state index contributed by atoms with van der Waals surface area (Å²) in [4.78, 5) is 10.8. The number of nitrogens with zero attached hydrogens (tertiary/aromatic N) is 2. The molecule has 18 heavy (non-hydrogen) atoms. The lowest BCUT2D eigenvalue weighted by Crippen LogP contribution is -2.02. The minimum absolute atomic E-state index is 0.0861. The summed E-state index contributed by atoms with van der Waals surface area (Å²) in [5, 5.41) is 17.0. The number of ether oxygens (including phenoxy) is 2. The quantitative estimate of drug-likeness (QED) is 0.820. The van der Waals surface area contributed by atoms with E-state index in [1.54, 1.807) is 12.1 Å². The number of carboxylic acids is 1. The third-order valence-electron chi connectivity index (χ3n) is 2.67. The SMILES string of the molecule is O=C(O)c1cc2cc3c(cc2nn1)OCCCO3. The number of benzene rings is 1. The summed E-state index contributed by atoms with van der Waals surface area (Å²) >= 11 is 0. The van der Waals surface area contributed by atoms with Crippen molar-refractivity contribution in [3.63, 3.8) is 0 Å². The van der Waals surface area contributed by atoms with Gasteiger partial charge in [0.05, 0.1) is 18.7 Å². The zero-order valence-corrected chi connectivity index (χ0v) is 9.42. The Labute approximate surface area is 102 Å². The number of hydrogen-bond acceptors (Lipinski definition) is 5. The molecule has 92 valence electrons. The molecule has 1 N–H and O–H groups in total. The highest BCUT2D eigenvalue weighted by Crippen LogP contribution is 2.33. The van der Waals surface area contributed by atoms with Crippen molar-refractivity contribution >= 4 is 16.9 Å². The van der Waals surface area contributed by atoms with E-state index < -0.39 is 5.97 Å². The van der Waals surface area contributed by atoms with Crippen molar-refractivity contribution in [3.8, 4) is 11.5 Å². The highest BCUT2D eigenvalue weighted by Gasteiger charge is 2.14. The summed E-state index contributed by atoms with van der Waals surface area (Å²) < 4.78 is 11.1. The number of fused-ring (bicyclic) bond motifs is 2. The van der Waals surface area contributed by atoms with Gasteiger partial charge in [-0.3, -0.25) is 0 Å². The average molecular weight is 246 g/mol. The van der Waals surface area contributed by atoms with Crippen LogP contribution in [0.2, 0.25) is 0 Å². The minimum atomic E-state index is -1.10. The lowest BCUT2D eigenvalue weighted by molar-refractivity contribution is 0.0689. The Balaban J connectivity index is 2.16.